The Bertz CT molecular complexity index is 409. The summed E-state index contributed by atoms with van der Waals surface area (Å²) in [4.78, 5) is 22.2. The zero-order chi connectivity index (χ0) is 10.7. The lowest BCUT2D eigenvalue weighted by molar-refractivity contribution is 0.0693. The molecule has 1 aromatic heterocycles. The van der Waals surface area contributed by atoms with Gasteiger partial charge in [-0.1, -0.05) is 6.92 Å². The van der Waals surface area contributed by atoms with E-state index < -0.39 is 11.5 Å². The SMILES string of the molecule is CCCn1nc(C)cc(C(=O)O)c1=O. The number of hydrogen-bond donors (Lipinski definition) is 1. The molecule has 0 radical (unpaired) electrons. The van der Waals surface area contributed by atoms with E-state index in [0.29, 0.717) is 12.2 Å². The number of carbonyl (C=O) groups is 1. The predicted molar refractivity (Wildman–Crippen MR) is 50.5 cm³/mol. The van der Waals surface area contributed by atoms with Crippen molar-refractivity contribution in [2.75, 3.05) is 0 Å². The van der Waals surface area contributed by atoms with E-state index in [1.807, 2.05) is 6.92 Å². The second-order valence-electron chi connectivity index (χ2n) is 3.03. The van der Waals surface area contributed by atoms with Crippen LogP contribution in [-0.4, -0.2) is 20.9 Å². The fourth-order valence-corrected chi connectivity index (χ4v) is 1.19. The number of rotatable bonds is 3. The van der Waals surface area contributed by atoms with E-state index in [9.17, 15) is 9.59 Å². The Kier molecular flexibility index (Phi) is 3.01. The summed E-state index contributed by atoms with van der Waals surface area (Å²) in [6.07, 6.45) is 0.745. The van der Waals surface area contributed by atoms with Crippen molar-refractivity contribution >= 4 is 5.97 Å². The maximum atomic E-state index is 11.5. The molecular formula is C9H12N2O3. The van der Waals surface area contributed by atoms with Crippen LogP contribution in [0.1, 0.15) is 29.4 Å². The van der Waals surface area contributed by atoms with Crippen molar-refractivity contribution in [3.8, 4) is 0 Å². The van der Waals surface area contributed by atoms with Gasteiger partial charge in [-0.2, -0.15) is 5.10 Å². The molecule has 76 valence electrons. The number of carboxylic acids is 1. The standard InChI is InChI=1S/C9H12N2O3/c1-3-4-11-8(12)7(9(13)14)5-6(2)10-11/h5H,3-4H2,1-2H3,(H,13,14). The molecule has 14 heavy (non-hydrogen) atoms. The van der Waals surface area contributed by atoms with E-state index in [1.165, 1.54) is 10.7 Å². The number of aromatic nitrogens is 2. The highest BCUT2D eigenvalue weighted by Crippen LogP contribution is 1.95. The van der Waals surface area contributed by atoms with E-state index in [4.69, 9.17) is 5.11 Å². The smallest absolute Gasteiger partial charge is 0.341 e. The summed E-state index contributed by atoms with van der Waals surface area (Å²) in [6, 6.07) is 1.29. The molecule has 0 atom stereocenters. The van der Waals surface area contributed by atoms with Crippen LogP contribution in [0.2, 0.25) is 0 Å². The van der Waals surface area contributed by atoms with Crippen LogP contribution in [0.25, 0.3) is 0 Å². The molecule has 1 N–H and O–H groups in total. The van der Waals surface area contributed by atoms with E-state index in [-0.39, 0.29) is 5.56 Å². The Morgan fingerprint density at radius 1 is 1.64 bits per heavy atom. The summed E-state index contributed by atoms with van der Waals surface area (Å²) < 4.78 is 1.19. The first-order valence-corrected chi connectivity index (χ1v) is 4.38. The van der Waals surface area contributed by atoms with Gasteiger partial charge in [0.1, 0.15) is 5.56 Å². The van der Waals surface area contributed by atoms with Gasteiger partial charge in [0.2, 0.25) is 0 Å². The van der Waals surface area contributed by atoms with Crippen molar-refractivity contribution in [1.82, 2.24) is 9.78 Å². The van der Waals surface area contributed by atoms with Crippen molar-refractivity contribution < 1.29 is 9.90 Å². The van der Waals surface area contributed by atoms with Gasteiger partial charge in [-0.15, -0.1) is 0 Å². The van der Waals surface area contributed by atoms with Crippen LogP contribution in [0.4, 0.5) is 0 Å². The third-order valence-electron chi connectivity index (χ3n) is 1.76. The molecular weight excluding hydrogens is 184 g/mol. The molecule has 0 aliphatic heterocycles. The summed E-state index contributed by atoms with van der Waals surface area (Å²) in [6.45, 7) is 4.01. The van der Waals surface area contributed by atoms with Crippen LogP contribution >= 0.6 is 0 Å². The van der Waals surface area contributed by atoms with Gasteiger partial charge in [-0.25, -0.2) is 9.48 Å². The first kappa shape index (κ1) is 10.4. The first-order chi connectivity index (χ1) is 6.56. The topological polar surface area (TPSA) is 72.2 Å². The maximum Gasteiger partial charge on any atom is 0.341 e. The van der Waals surface area contributed by atoms with Crippen molar-refractivity contribution in [3.63, 3.8) is 0 Å². The van der Waals surface area contributed by atoms with Crippen LogP contribution in [0, 0.1) is 6.92 Å². The minimum Gasteiger partial charge on any atom is -0.477 e. The van der Waals surface area contributed by atoms with Crippen molar-refractivity contribution in [2.45, 2.75) is 26.8 Å². The van der Waals surface area contributed by atoms with Gasteiger partial charge in [0.05, 0.1) is 5.69 Å². The summed E-state index contributed by atoms with van der Waals surface area (Å²) >= 11 is 0. The van der Waals surface area contributed by atoms with Crippen molar-refractivity contribution in [2.24, 2.45) is 0 Å². The molecule has 0 amide bonds. The van der Waals surface area contributed by atoms with Gasteiger partial charge in [0, 0.05) is 6.54 Å². The first-order valence-electron chi connectivity index (χ1n) is 4.38. The molecule has 0 fully saturated rings. The van der Waals surface area contributed by atoms with Gasteiger partial charge in [-0.05, 0) is 19.4 Å². The Morgan fingerprint density at radius 3 is 2.79 bits per heavy atom. The van der Waals surface area contributed by atoms with Crippen molar-refractivity contribution in [3.05, 3.63) is 27.7 Å². The Hall–Kier alpha value is -1.65. The normalized spacial score (nSPS) is 10.1. The Morgan fingerprint density at radius 2 is 2.29 bits per heavy atom. The fourth-order valence-electron chi connectivity index (χ4n) is 1.19. The lowest BCUT2D eigenvalue weighted by Gasteiger charge is -2.04. The molecule has 0 aromatic carbocycles. The predicted octanol–water partition coefficient (Wildman–Crippen LogP) is 0.660. The number of nitrogens with zero attached hydrogens (tertiary/aromatic N) is 2. The number of carboxylic acid groups (broad SMARTS) is 1. The van der Waals surface area contributed by atoms with E-state index in [0.717, 1.165) is 6.42 Å². The van der Waals surface area contributed by atoms with Crippen LogP contribution in [0.5, 0.6) is 0 Å². The summed E-state index contributed by atoms with van der Waals surface area (Å²) in [7, 11) is 0. The number of aryl methyl sites for hydroxylation is 2. The second-order valence-corrected chi connectivity index (χ2v) is 3.03. The minimum absolute atomic E-state index is 0.217. The van der Waals surface area contributed by atoms with E-state index >= 15 is 0 Å². The van der Waals surface area contributed by atoms with Gasteiger partial charge in [0.15, 0.2) is 0 Å². The lowest BCUT2D eigenvalue weighted by atomic mass is 10.2. The van der Waals surface area contributed by atoms with Gasteiger partial charge in [0.25, 0.3) is 5.56 Å². The van der Waals surface area contributed by atoms with Crippen LogP contribution in [-0.2, 0) is 6.54 Å². The van der Waals surface area contributed by atoms with Crippen molar-refractivity contribution in [1.29, 1.82) is 0 Å². The van der Waals surface area contributed by atoms with E-state index in [2.05, 4.69) is 5.10 Å². The quantitative estimate of drug-likeness (QED) is 0.770. The molecule has 5 heteroatoms. The molecule has 0 saturated heterocycles. The molecule has 5 nitrogen and oxygen atoms in total. The molecule has 1 heterocycles. The molecule has 0 aliphatic rings. The fraction of sp³-hybridized carbons (Fsp3) is 0.444. The third-order valence-corrected chi connectivity index (χ3v) is 1.76. The van der Waals surface area contributed by atoms with Gasteiger partial charge in [-0.3, -0.25) is 4.79 Å². The van der Waals surface area contributed by atoms with Crippen LogP contribution in [0.3, 0.4) is 0 Å². The largest absolute Gasteiger partial charge is 0.477 e. The van der Waals surface area contributed by atoms with Crippen LogP contribution < -0.4 is 5.56 Å². The maximum absolute atomic E-state index is 11.5. The average Bonchev–Trinajstić information content (AvgIpc) is 2.10. The highest BCUT2D eigenvalue weighted by atomic mass is 16.4. The Balaban J connectivity index is 3.32. The number of aromatic carboxylic acids is 1. The highest BCUT2D eigenvalue weighted by Gasteiger charge is 2.12. The molecule has 0 saturated carbocycles. The zero-order valence-corrected chi connectivity index (χ0v) is 8.15. The summed E-state index contributed by atoms with van der Waals surface area (Å²) in [5.74, 6) is -1.20. The second kappa shape index (κ2) is 4.04. The summed E-state index contributed by atoms with van der Waals surface area (Å²) in [5.41, 5.74) is -0.216. The third kappa shape index (κ3) is 1.99. The lowest BCUT2D eigenvalue weighted by Crippen LogP contribution is -2.29. The molecule has 0 unspecified atom stereocenters. The highest BCUT2D eigenvalue weighted by molar-refractivity contribution is 5.87. The molecule has 0 aliphatic carbocycles. The zero-order valence-electron chi connectivity index (χ0n) is 8.15. The van der Waals surface area contributed by atoms with Crippen LogP contribution in [0.15, 0.2) is 10.9 Å². The summed E-state index contributed by atoms with van der Waals surface area (Å²) in [5, 5.41) is 12.7. The molecule has 0 spiro atoms. The monoisotopic (exact) mass is 196 g/mol. The van der Waals surface area contributed by atoms with E-state index in [1.54, 1.807) is 6.92 Å². The van der Waals surface area contributed by atoms with Gasteiger partial charge < -0.3 is 5.11 Å². The molecule has 0 bridgehead atoms. The average molecular weight is 196 g/mol. The molecule has 1 aromatic rings. The number of hydrogen-bond acceptors (Lipinski definition) is 3. The minimum atomic E-state index is -1.20. The van der Waals surface area contributed by atoms with Gasteiger partial charge >= 0.3 is 5.97 Å². The Labute approximate surface area is 81.0 Å². The molecule has 1 rings (SSSR count).